The highest BCUT2D eigenvalue weighted by Crippen LogP contribution is 2.38. The fourth-order valence-corrected chi connectivity index (χ4v) is 4.69. The number of nitrogens with zero attached hydrogens (tertiary/aromatic N) is 3. The molecule has 0 fully saturated rings. The Morgan fingerprint density at radius 1 is 1.14 bits per heavy atom. The molecule has 0 aliphatic carbocycles. The second kappa shape index (κ2) is 10.1. The van der Waals surface area contributed by atoms with Crippen LogP contribution in [0.1, 0.15) is 18.1 Å². The van der Waals surface area contributed by atoms with Crippen LogP contribution < -0.4 is 26.2 Å². The number of halogens is 1. The maximum atomic E-state index is 13.7. The van der Waals surface area contributed by atoms with Crippen molar-refractivity contribution in [3.05, 3.63) is 77.6 Å². The molecule has 3 aromatic carbocycles. The molecule has 184 valence electrons. The molecule has 0 spiro atoms. The van der Waals surface area contributed by atoms with Crippen molar-refractivity contribution >= 4 is 40.9 Å². The molecule has 36 heavy (non-hydrogen) atoms. The van der Waals surface area contributed by atoms with Crippen molar-refractivity contribution in [2.45, 2.75) is 25.9 Å². The Balaban J connectivity index is 1.62. The van der Waals surface area contributed by atoms with Gasteiger partial charge in [0.05, 0.1) is 0 Å². The number of ether oxygens (including phenoxy) is 1. The van der Waals surface area contributed by atoms with E-state index >= 15 is 0 Å². The molecule has 0 radical (unpaired) electrons. The Labute approximate surface area is 208 Å². The zero-order valence-corrected chi connectivity index (χ0v) is 19.9. The first kappa shape index (κ1) is 24.0. The molecule has 8 nitrogen and oxygen atoms in total. The SMILES string of the molecule is CC1Cc2c(B(O)O)cccc2N1c1nc(NCc2cccc(F)c2)c2cccc(OCCN)c2n1. The smallest absolute Gasteiger partial charge is 0.488 e. The standard InChI is InChI=1S/C26H27BFN5O3/c1-16-13-20-21(27(34)35)8-4-9-22(20)33(16)26-31-24-19(7-3-10-23(24)36-12-11-29)25(32-26)30-15-17-5-2-6-18(28)14-17/h2-10,14,16,34-35H,11-13,15,29H2,1H3,(H,30,31,32). The third kappa shape index (κ3) is 4.58. The zero-order chi connectivity index (χ0) is 25.2. The summed E-state index contributed by atoms with van der Waals surface area (Å²) in [6, 6.07) is 17.4. The van der Waals surface area contributed by atoms with E-state index in [1.165, 1.54) is 12.1 Å². The van der Waals surface area contributed by atoms with Crippen molar-refractivity contribution in [1.29, 1.82) is 0 Å². The highest BCUT2D eigenvalue weighted by atomic mass is 19.1. The molecular formula is C26H27BFN5O3. The van der Waals surface area contributed by atoms with Gasteiger partial charge in [-0.2, -0.15) is 4.98 Å². The monoisotopic (exact) mass is 487 g/mol. The van der Waals surface area contributed by atoms with Crippen molar-refractivity contribution in [3.8, 4) is 5.75 Å². The van der Waals surface area contributed by atoms with Crippen LogP contribution >= 0.6 is 0 Å². The van der Waals surface area contributed by atoms with Gasteiger partial charge in [0.15, 0.2) is 0 Å². The molecule has 1 atom stereocenters. The molecule has 0 saturated heterocycles. The predicted octanol–water partition coefficient (Wildman–Crippen LogP) is 2.48. The van der Waals surface area contributed by atoms with Crippen molar-refractivity contribution in [2.75, 3.05) is 23.4 Å². The van der Waals surface area contributed by atoms with E-state index in [1.807, 2.05) is 42.2 Å². The number of anilines is 3. The molecule has 1 aliphatic heterocycles. The maximum absolute atomic E-state index is 13.7. The number of fused-ring (bicyclic) bond motifs is 2. The minimum absolute atomic E-state index is 0.0226. The largest absolute Gasteiger partial charge is 0.490 e. The summed E-state index contributed by atoms with van der Waals surface area (Å²) in [6.45, 7) is 3.11. The molecule has 4 aromatic rings. The number of rotatable bonds is 8. The quantitative estimate of drug-likeness (QED) is 0.280. The average molecular weight is 487 g/mol. The minimum Gasteiger partial charge on any atom is -0.490 e. The van der Waals surface area contributed by atoms with Crippen LogP contribution in [0.4, 0.5) is 21.8 Å². The lowest BCUT2D eigenvalue weighted by atomic mass is 9.76. The number of aromatic nitrogens is 2. The topological polar surface area (TPSA) is 117 Å². The summed E-state index contributed by atoms with van der Waals surface area (Å²) in [5.41, 5.74) is 9.21. The lowest BCUT2D eigenvalue weighted by Gasteiger charge is -2.24. The summed E-state index contributed by atoms with van der Waals surface area (Å²) in [5, 5.41) is 23.9. The molecule has 10 heteroatoms. The van der Waals surface area contributed by atoms with Crippen molar-refractivity contribution < 1.29 is 19.2 Å². The normalized spacial score (nSPS) is 14.7. The van der Waals surface area contributed by atoms with Gasteiger partial charge in [0.2, 0.25) is 5.95 Å². The van der Waals surface area contributed by atoms with Crippen molar-refractivity contribution in [3.63, 3.8) is 0 Å². The van der Waals surface area contributed by atoms with Crippen LogP contribution in [0.15, 0.2) is 60.7 Å². The first-order chi connectivity index (χ1) is 17.5. The van der Waals surface area contributed by atoms with E-state index in [1.54, 1.807) is 18.2 Å². The van der Waals surface area contributed by atoms with Gasteiger partial charge in [-0.1, -0.05) is 30.3 Å². The van der Waals surface area contributed by atoms with E-state index in [0.29, 0.717) is 54.6 Å². The van der Waals surface area contributed by atoms with Gasteiger partial charge >= 0.3 is 7.12 Å². The second-order valence-corrected chi connectivity index (χ2v) is 8.79. The fraction of sp³-hybridized carbons (Fsp3) is 0.231. The van der Waals surface area contributed by atoms with E-state index in [4.69, 9.17) is 20.4 Å². The third-order valence-electron chi connectivity index (χ3n) is 6.28. The second-order valence-electron chi connectivity index (χ2n) is 8.79. The molecule has 2 heterocycles. The highest BCUT2D eigenvalue weighted by molar-refractivity contribution is 6.59. The van der Waals surface area contributed by atoms with Gasteiger partial charge in [-0.3, -0.25) is 0 Å². The first-order valence-electron chi connectivity index (χ1n) is 11.9. The van der Waals surface area contributed by atoms with Crippen LogP contribution in [0, 0.1) is 5.82 Å². The number of nitrogens with one attached hydrogen (secondary N) is 1. The first-order valence-corrected chi connectivity index (χ1v) is 11.9. The highest BCUT2D eigenvalue weighted by Gasteiger charge is 2.33. The third-order valence-corrected chi connectivity index (χ3v) is 6.28. The molecule has 5 N–H and O–H groups in total. The Hall–Kier alpha value is -3.73. The summed E-state index contributed by atoms with van der Waals surface area (Å²) in [7, 11) is -1.57. The van der Waals surface area contributed by atoms with Gasteiger partial charge in [0, 0.05) is 30.2 Å². The van der Waals surface area contributed by atoms with E-state index in [2.05, 4.69) is 5.32 Å². The molecule has 0 amide bonds. The number of para-hydroxylation sites is 1. The van der Waals surface area contributed by atoms with Gasteiger partial charge in [-0.25, -0.2) is 9.37 Å². The Morgan fingerprint density at radius 2 is 1.94 bits per heavy atom. The van der Waals surface area contributed by atoms with Crippen LogP contribution in [0.5, 0.6) is 5.75 Å². The zero-order valence-electron chi connectivity index (χ0n) is 19.9. The fourth-order valence-electron chi connectivity index (χ4n) is 4.69. The minimum atomic E-state index is -1.57. The summed E-state index contributed by atoms with van der Waals surface area (Å²) in [5.74, 6) is 1.31. The van der Waals surface area contributed by atoms with Gasteiger partial charge in [0.1, 0.15) is 29.5 Å². The Bertz CT molecular complexity index is 1400. The molecule has 1 aromatic heterocycles. The van der Waals surface area contributed by atoms with Crippen LogP contribution in [0.3, 0.4) is 0 Å². The van der Waals surface area contributed by atoms with Crippen LogP contribution in [0.2, 0.25) is 0 Å². The lowest BCUT2D eigenvalue weighted by Crippen LogP contribution is -2.32. The van der Waals surface area contributed by atoms with Crippen LogP contribution in [-0.4, -0.2) is 46.3 Å². The van der Waals surface area contributed by atoms with E-state index in [-0.39, 0.29) is 11.9 Å². The predicted molar refractivity (Wildman–Crippen MR) is 139 cm³/mol. The lowest BCUT2D eigenvalue weighted by molar-refractivity contribution is 0.331. The molecule has 1 aliphatic rings. The number of benzene rings is 3. The average Bonchev–Trinajstić information content (AvgIpc) is 3.21. The van der Waals surface area contributed by atoms with E-state index in [9.17, 15) is 14.4 Å². The van der Waals surface area contributed by atoms with Gasteiger partial charge in [-0.05, 0) is 60.3 Å². The van der Waals surface area contributed by atoms with Crippen molar-refractivity contribution in [2.24, 2.45) is 5.73 Å². The summed E-state index contributed by atoms with van der Waals surface area (Å²) in [6.07, 6.45) is 0.613. The van der Waals surface area contributed by atoms with E-state index in [0.717, 1.165) is 22.2 Å². The van der Waals surface area contributed by atoms with Crippen LogP contribution in [-0.2, 0) is 13.0 Å². The molecular weight excluding hydrogens is 460 g/mol. The summed E-state index contributed by atoms with van der Waals surface area (Å²) >= 11 is 0. The summed E-state index contributed by atoms with van der Waals surface area (Å²) in [4.78, 5) is 11.8. The number of nitrogens with two attached hydrogens (primary N) is 1. The number of hydrogen-bond acceptors (Lipinski definition) is 8. The number of hydrogen-bond donors (Lipinski definition) is 4. The van der Waals surface area contributed by atoms with Gasteiger partial charge in [0.25, 0.3) is 0 Å². The summed E-state index contributed by atoms with van der Waals surface area (Å²) < 4.78 is 19.6. The molecule has 0 bridgehead atoms. The van der Waals surface area contributed by atoms with Crippen LogP contribution in [0.25, 0.3) is 10.9 Å². The van der Waals surface area contributed by atoms with Gasteiger partial charge in [-0.15, -0.1) is 0 Å². The molecule has 1 unspecified atom stereocenters. The van der Waals surface area contributed by atoms with Gasteiger partial charge < -0.3 is 30.7 Å². The van der Waals surface area contributed by atoms with E-state index < -0.39 is 7.12 Å². The Morgan fingerprint density at radius 3 is 2.72 bits per heavy atom. The molecule has 0 saturated carbocycles. The van der Waals surface area contributed by atoms with Crippen molar-refractivity contribution in [1.82, 2.24) is 9.97 Å². The Kier molecular flexibility index (Phi) is 6.73. The molecule has 5 rings (SSSR count). The maximum Gasteiger partial charge on any atom is 0.488 e.